The van der Waals surface area contributed by atoms with Crippen LogP contribution in [0.4, 0.5) is 0 Å². The summed E-state index contributed by atoms with van der Waals surface area (Å²) in [5, 5.41) is 3.32. The highest BCUT2D eigenvalue weighted by molar-refractivity contribution is 5.28. The topological polar surface area (TPSA) is 30.5 Å². The Labute approximate surface area is 96.8 Å². The molecule has 0 spiro atoms. The van der Waals surface area contributed by atoms with Crippen molar-refractivity contribution in [3.05, 3.63) is 29.8 Å². The van der Waals surface area contributed by atoms with E-state index < -0.39 is 0 Å². The fraction of sp³-hybridized carbons (Fsp3) is 0.538. The summed E-state index contributed by atoms with van der Waals surface area (Å²) in [4.78, 5) is 0. The first-order chi connectivity index (χ1) is 7.88. The van der Waals surface area contributed by atoms with Crippen LogP contribution in [0.5, 0.6) is 5.75 Å². The lowest BCUT2D eigenvalue weighted by atomic mass is 10.2. The predicted molar refractivity (Wildman–Crippen MR) is 63.7 cm³/mol. The molecular formula is C13H19NO2. The van der Waals surface area contributed by atoms with E-state index in [0.29, 0.717) is 6.10 Å². The van der Waals surface area contributed by atoms with Gasteiger partial charge in [-0.1, -0.05) is 12.1 Å². The van der Waals surface area contributed by atoms with Crippen LogP contribution < -0.4 is 10.1 Å². The van der Waals surface area contributed by atoms with E-state index in [2.05, 4.69) is 17.4 Å². The standard InChI is InChI=1S/C13H19NO2/c1-15-8-7-14-10-11-3-2-4-13(9-11)16-12-5-6-12/h2-4,9,12,14H,5-8,10H2,1H3. The minimum Gasteiger partial charge on any atom is -0.490 e. The maximum absolute atomic E-state index is 5.74. The van der Waals surface area contributed by atoms with Gasteiger partial charge in [0, 0.05) is 20.2 Å². The number of hydrogen-bond acceptors (Lipinski definition) is 3. The molecule has 1 aromatic carbocycles. The summed E-state index contributed by atoms with van der Waals surface area (Å²) < 4.78 is 10.7. The first-order valence-corrected chi connectivity index (χ1v) is 5.84. The summed E-state index contributed by atoms with van der Waals surface area (Å²) >= 11 is 0. The van der Waals surface area contributed by atoms with E-state index in [1.807, 2.05) is 12.1 Å². The normalized spacial score (nSPS) is 15.1. The molecule has 1 saturated carbocycles. The Bertz CT molecular complexity index is 323. The summed E-state index contributed by atoms with van der Waals surface area (Å²) in [5.41, 5.74) is 1.26. The van der Waals surface area contributed by atoms with Gasteiger partial charge in [0.1, 0.15) is 5.75 Å². The quantitative estimate of drug-likeness (QED) is 0.714. The molecule has 1 aliphatic rings. The molecule has 3 heteroatoms. The number of methoxy groups -OCH3 is 1. The van der Waals surface area contributed by atoms with Crippen LogP contribution in [0.15, 0.2) is 24.3 Å². The van der Waals surface area contributed by atoms with Crippen LogP contribution in [-0.4, -0.2) is 26.4 Å². The third kappa shape index (κ3) is 3.83. The van der Waals surface area contributed by atoms with Gasteiger partial charge in [0.15, 0.2) is 0 Å². The second-order valence-electron chi connectivity index (χ2n) is 4.13. The highest BCUT2D eigenvalue weighted by Gasteiger charge is 2.23. The molecule has 0 amide bonds. The first kappa shape index (κ1) is 11.4. The van der Waals surface area contributed by atoms with Crippen LogP contribution in [-0.2, 0) is 11.3 Å². The zero-order valence-corrected chi connectivity index (χ0v) is 9.74. The maximum atomic E-state index is 5.74. The van der Waals surface area contributed by atoms with Crippen molar-refractivity contribution in [2.24, 2.45) is 0 Å². The second-order valence-corrected chi connectivity index (χ2v) is 4.13. The van der Waals surface area contributed by atoms with Crippen molar-refractivity contribution in [2.75, 3.05) is 20.3 Å². The molecule has 16 heavy (non-hydrogen) atoms. The van der Waals surface area contributed by atoms with Crippen LogP contribution in [0.2, 0.25) is 0 Å². The molecule has 1 N–H and O–H groups in total. The zero-order chi connectivity index (χ0) is 11.2. The lowest BCUT2D eigenvalue weighted by molar-refractivity contribution is 0.199. The predicted octanol–water partition coefficient (Wildman–Crippen LogP) is 1.96. The number of benzene rings is 1. The number of rotatable bonds is 7. The molecule has 2 rings (SSSR count). The van der Waals surface area contributed by atoms with Crippen molar-refractivity contribution >= 4 is 0 Å². The van der Waals surface area contributed by atoms with E-state index >= 15 is 0 Å². The Kier molecular flexibility index (Phi) is 4.19. The highest BCUT2D eigenvalue weighted by Crippen LogP contribution is 2.26. The fourth-order valence-corrected chi connectivity index (χ4v) is 1.51. The Morgan fingerprint density at radius 2 is 2.25 bits per heavy atom. The fourth-order valence-electron chi connectivity index (χ4n) is 1.51. The molecule has 0 aliphatic heterocycles. The van der Waals surface area contributed by atoms with Gasteiger partial charge in [0.2, 0.25) is 0 Å². The minimum atomic E-state index is 0.469. The lowest BCUT2D eigenvalue weighted by Crippen LogP contribution is -2.18. The van der Waals surface area contributed by atoms with E-state index in [1.165, 1.54) is 18.4 Å². The van der Waals surface area contributed by atoms with Crippen LogP contribution in [0.25, 0.3) is 0 Å². The number of nitrogens with one attached hydrogen (secondary N) is 1. The van der Waals surface area contributed by atoms with Crippen LogP contribution in [0.1, 0.15) is 18.4 Å². The Morgan fingerprint density at radius 3 is 3.00 bits per heavy atom. The summed E-state index contributed by atoms with van der Waals surface area (Å²) in [6.07, 6.45) is 2.88. The summed E-state index contributed by atoms with van der Waals surface area (Å²) in [7, 11) is 1.71. The summed E-state index contributed by atoms with van der Waals surface area (Å²) in [5.74, 6) is 0.994. The van der Waals surface area contributed by atoms with E-state index in [0.717, 1.165) is 25.4 Å². The van der Waals surface area contributed by atoms with Crippen LogP contribution in [0, 0.1) is 0 Å². The minimum absolute atomic E-state index is 0.469. The lowest BCUT2D eigenvalue weighted by Gasteiger charge is -2.07. The molecule has 1 aromatic rings. The van der Waals surface area contributed by atoms with Crippen molar-refractivity contribution < 1.29 is 9.47 Å². The smallest absolute Gasteiger partial charge is 0.120 e. The maximum Gasteiger partial charge on any atom is 0.120 e. The van der Waals surface area contributed by atoms with E-state index in [1.54, 1.807) is 7.11 Å². The van der Waals surface area contributed by atoms with Crippen LogP contribution >= 0.6 is 0 Å². The molecule has 1 fully saturated rings. The van der Waals surface area contributed by atoms with Crippen molar-refractivity contribution in [3.63, 3.8) is 0 Å². The van der Waals surface area contributed by atoms with Gasteiger partial charge < -0.3 is 14.8 Å². The van der Waals surface area contributed by atoms with E-state index in [4.69, 9.17) is 9.47 Å². The molecular weight excluding hydrogens is 202 g/mol. The van der Waals surface area contributed by atoms with Gasteiger partial charge in [0.25, 0.3) is 0 Å². The van der Waals surface area contributed by atoms with Gasteiger partial charge in [0.05, 0.1) is 12.7 Å². The molecule has 0 saturated heterocycles. The molecule has 0 bridgehead atoms. The molecule has 1 aliphatic carbocycles. The monoisotopic (exact) mass is 221 g/mol. The van der Waals surface area contributed by atoms with Crippen molar-refractivity contribution in [1.29, 1.82) is 0 Å². The largest absolute Gasteiger partial charge is 0.490 e. The summed E-state index contributed by atoms with van der Waals surface area (Å²) in [6.45, 7) is 2.49. The highest BCUT2D eigenvalue weighted by atomic mass is 16.5. The molecule has 0 radical (unpaired) electrons. The number of hydrogen-bond donors (Lipinski definition) is 1. The average Bonchev–Trinajstić information content (AvgIpc) is 3.09. The van der Waals surface area contributed by atoms with Gasteiger partial charge in [-0.15, -0.1) is 0 Å². The molecule has 0 unspecified atom stereocenters. The third-order valence-corrected chi connectivity index (χ3v) is 2.54. The number of ether oxygens (including phenoxy) is 2. The molecule has 88 valence electrons. The molecule has 0 atom stereocenters. The van der Waals surface area contributed by atoms with Gasteiger partial charge in [-0.3, -0.25) is 0 Å². The molecule has 3 nitrogen and oxygen atoms in total. The zero-order valence-electron chi connectivity index (χ0n) is 9.74. The third-order valence-electron chi connectivity index (χ3n) is 2.54. The Balaban J connectivity index is 1.78. The SMILES string of the molecule is COCCNCc1cccc(OC2CC2)c1. The van der Waals surface area contributed by atoms with Gasteiger partial charge >= 0.3 is 0 Å². The first-order valence-electron chi connectivity index (χ1n) is 5.84. The van der Waals surface area contributed by atoms with Gasteiger partial charge in [-0.25, -0.2) is 0 Å². The van der Waals surface area contributed by atoms with Crippen molar-refractivity contribution in [3.8, 4) is 5.75 Å². The molecule has 0 heterocycles. The van der Waals surface area contributed by atoms with Crippen LogP contribution in [0.3, 0.4) is 0 Å². The van der Waals surface area contributed by atoms with Crippen molar-refractivity contribution in [1.82, 2.24) is 5.32 Å². The second kappa shape index (κ2) is 5.87. The Hall–Kier alpha value is -1.06. The molecule has 0 aromatic heterocycles. The van der Waals surface area contributed by atoms with Gasteiger partial charge in [-0.2, -0.15) is 0 Å². The van der Waals surface area contributed by atoms with E-state index in [9.17, 15) is 0 Å². The summed E-state index contributed by atoms with van der Waals surface area (Å²) in [6, 6.07) is 8.29. The van der Waals surface area contributed by atoms with E-state index in [-0.39, 0.29) is 0 Å². The Morgan fingerprint density at radius 1 is 1.38 bits per heavy atom. The van der Waals surface area contributed by atoms with Gasteiger partial charge in [-0.05, 0) is 30.5 Å². The van der Waals surface area contributed by atoms with Crippen molar-refractivity contribution in [2.45, 2.75) is 25.5 Å². The average molecular weight is 221 g/mol.